The number of nitrogens with one attached hydrogen (secondary N) is 2. The number of alkyl carbamates (subject to hydrolysis) is 1. The van der Waals surface area contributed by atoms with Crippen molar-refractivity contribution in [2.75, 3.05) is 6.61 Å². The number of alkyl halides is 2. The average molecular weight is 472 g/mol. The number of aliphatic carboxylic acids is 1. The van der Waals surface area contributed by atoms with E-state index in [4.69, 9.17) is 9.84 Å². The summed E-state index contributed by atoms with van der Waals surface area (Å²) < 4.78 is 33.6. The minimum atomic E-state index is -3.08. The molecule has 4 rings (SSSR count). The van der Waals surface area contributed by atoms with Gasteiger partial charge in [0.05, 0.1) is 12.5 Å². The number of hydrogen-bond acceptors (Lipinski definition) is 4. The van der Waals surface area contributed by atoms with Gasteiger partial charge in [-0.25, -0.2) is 13.6 Å². The standard InChI is InChI=1S/C25H26F2N2O5/c26-25(27)12-6-5-11-21(25)29-23(32)20(13-22(30)31)28-24(33)34-14-19-17-9-3-1-7-15(17)16-8-2-4-10-18(16)19/h1-4,7-10,19-21H,5-6,11-14H2,(H,28,33)(H,29,32)(H,30,31). The smallest absolute Gasteiger partial charge is 0.407 e. The molecule has 2 amide bonds. The van der Waals surface area contributed by atoms with E-state index in [-0.39, 0.29) is 25.4 Å². The van der Waals surface area contributed by atoms with Crippen LogP contribution in [0, 0.1) is 0 Å². The Morgan fingerprint density at radius 2 is 1.65 bits per heavy atom. The predicted molar refractivity (Wildman–Crippen MR) is 120 cm³/mol. The van der Waals surface area contributed by atoms with Gasteiger partial charge >= 0.3 is 12.1 Å². The van der Waals surface area contributed by atoms with Gasteiger partial charge in [0.25, 0.3) is 5.92 Å². The van der Waals surface area contributed by atoms with E-state index >= 15 is 0 Å². The molecule has 7 nitrogen and oxygen atoms in total. The molecule has 0 aromatic heterocycles. The molecule has 1 saturated carbocycles. The summed E-state index contributed by atoms with van der Waals surface area (Å²) in [5.41, 5.74) is 4.08. The second kappa shape index (κ2) is 9.79. The molecular weight excluding hydrogens is 446 g/mol. The number of hydrogen-bond donors (Lipinski definition) is 3. The maximum Gasteiger partial charge on any atom is 0.407 e. The van der Waals surface area contributed by atoms with Crippen LogP contribution < -0.4 is 10.6 Å². The summed E-state index contributed by atoms with van der Waals surface area (Å²) in [5, 5.41) is 13.6. The lowest BCUT2D eigenvalue weighted by atomic mass is 9.91. The van der Waals surface area contributed by atoms with E-state index in [1.165, 1.54) is 0 Å². The fourth-order valence-corrected chi connectivity index (χ4v) is 4.71. The minimum absolute atomic E-state index is 0.0258. The Balaban J connectivity index is 1.41. The Kier molecular flexibility index (Phi) is 6.81. The molecule has 2 aliphatic carbocycles. The molecule has 0 spiro atoms. The molecule has 0 saturated heterocycles. The first-order valence-corrected chi connectivity index (χ1v) is 11.3. The lowest BCUT2D eigenvalue weighted by Crippen LogP contribution is -2.55. The van der Waals surface area contributed by atoms with Crippen molar-refractivity contribution in [2.45, 2.75) is 56.0 Å². The third-order valence-electron chi connectivity index (χ3n) is 6.41. The van der Waals surface area contributed by atoms with Gasteiger partial charge in [-0.2, -0.15) is 0 Å². The summed E-state index contributed by atoms with van der Waals surface area (Å²) in [7, 11) is 0. The van der Waals surface area contributed by atoms with Crippen LogP contribution in [0.3, 0.4) is 0 Å². The number of benzene rings is 2. The number of ether oxygens (including phenoxy) is 1. The predicted octanol–water partition coefficient (Wildman–Crippen LogP) is 4.06. The van der Waals surface area contributed by atoms with Crippen molar-refractivity contribution < 1.29 is 33.0 Å². The third-order valence-corrected chi connectivity index (χ3v) is 6.41. The van der Waals surface area contributed by atoms with E-state index < -0.39 is 42.4 Å². The number of carbonyl (C=O) groups is 3. The van der Waals surface area contributed by atoms with E-state index in [1.54, 1.807) is 0 Å². The molecule has 0 bridgehead atoms. The van der Waals surface area contributed by atoms with Gasteiger partial charge in [-0.1, -0.05) is 55.0 Å². The zero-order valence-corrected chi connectivity index (χ0v) is 18.4. The van der Waals surface area contributed by atoms with Crippen molar-refractivity contribution in [3.05, 3.63) is 59.7 Å². The second-order valence-corrected chi connectivity index (χ2v) is 8.69. The van der Waals surface area contributed by atoms with Crippen molar-refractivity contribution in [3.8, 4) is 11.1 Å². The van der Waals surface area contributed by atoms with Gasteiger partial charge in [0, 0.05) is 12.3 Å². The Morgan fingerprint density at radius 1 is 1.03 bits per heavy atom. The molecule has 180 valence electrons. The average Bonchev–Trinajstić information content (AvgIpc) is 3.12. The zero-order chi connectivity index (χ0) is 24.3. The topological polar surface area (TPSA) is 105 Å². The van der Waals surface area contributed by atoms with Gasteiger partial charge in [0.1, 0.15) is 12.6 Å². The van der Waals surface area contributed by atoms with Crippen LogP contribution in [0.4, 0.5) is 13.6 Å². The van der Waals surface area contributed by atoms with E-state index in [0.29, 0.717) is 12.8 Å². The lowest BCUT2D eigenvalue weighted by molar-refractivity contribution is -0.141. The molecule has 2 aromatic carbocycles. The van der Waals surface area contributed by atoms with Crippen molar-refractivity contribution in [1.29, 1.82) is 0 Å². The molecule has 2 aromatic rings. The molecular formula is C25H26F2N2O5. The maximum absolute atomic E-state index is 14.1. The molecule has 0 aliphatic heterocycles. The molecule has 2 aliphatic rings. The summed E-state index contributed by atoms with van der Waals surface area (Å²) in [6.07, 6.45) is -1.11. The normalized spacial score (nSPS) is 19.4. The molecule has 0 radical (unpaired) electrons. The fourth-order valence-electron chi connectivity index (χ4n) is 4.71. The third kappa shape index (κ3) is 5.03. The Labute approximate surface area is 195 Å². The summed E-state index contributed by atoms with van der Waals surface area (Å²) >= 11 is 0. The van der Waals surface area contributed by atoms with Crippen LogP contribution >= 0.6 is 0 Å². The van der Waals surface area contributed by atoms with E-state index in [9.17, 15) is 23.2 Å². The summed E-state index contributed by atoms with van der Waals surface area (Å²) in [4.78, 5) is 36.3. The fraction of sp³-hybridized carbons (Fsp3) is 0.400. The quantitative estimate of drug-likeness (QED) is 0.564. The molecule has 0 heterocycles. The molecule has 1 fully saturated rings. The number of carboxylic acid groups (broad SMARTS) is 1. The largest absolute Gasteiger partial charge is 0.481 e. The van der Waals surface area contributed by atoms with E-state index in [0.717, 1.165) is 22.3 Å². The number of amides is 2. The number of carboxylic acids is 1. The van der Waals surface area contributed by atoms with Crippen molar-refractivity contribution in [1.82, 2.24) is 10.6 Å². The van der Waals surface area contributed by atoms with Crippen LogP contribution in [-0.4, -0.2) is 47.7 Å². The van der Waals surface area contributed by atoms with E-state index in [2.05, 4.69) is 10.6 Å². The highest BCUT2D eigenvalue weighted by atomic mass is 19.3. The molecule has 2 atom stereocenters. The molecule has 3 N–H and O–H groups in total. The van der Waals surface area contributed by atoms with Gasteiger partial charge in [-0.15, -0.1) is 0 Å². The van der Waals surface area contributed by atoms with Gasteiger partial charge < -0.3 is 20.5 Å². The number of halogens is 2. The first-order chi connectivity index (χ1) is 16.3. The van der Waals surface area contributed by atoms with Crippen LogP contribution in [0.25, 0.3) is 11.1 Å². The molecule has 9 heteroatoms. The molecule has 2 unspecified atom stereocenters. The van der Waals surface area contributed by atoms with Crippen LogP contribution in [0.1, 0.15) is 49.1 Å². The first-order valence-electron chi connectivity index (χ1n) is 11.3. The van der Waals surface area contributed by atoms with Crippen LogP contribution in [0.2, 0.25) is 0 Å². The van der Waals surface area contributed by atoms with Gasteiger partial charge in [-0.3, -0.25) is 9.59 Å². The first kappa shape index (κ1) is 23.7. The lowest BCUT2D eigenvalue weighted by Gasteiger charge is -2.32. The summed E-state index contributed by atoms with van der Waals surface area (Å²) in [6, 6.07) is 12.6. The SMILES string of the molecule is O=C(O)CC(NC(=O)OCC1c2ccccc2-c2ccccc21)C(=O)NC1CCCCC1(F)F. The summed E-state index contributed by atoms with van der Waals surface area (Å²) in [5.74, 6) is -5.62. The zero-order valence-electron chi connectivity index (χ0n) is 18.4. The van der Waals surface area contributed by atoms with Crippen LogP contribution in [0.5, 0.6) is 0 Å². The van der Waals surface area contributed by atoms with Crippen molar-refractivity contribution >= 4 is 18.0 Å². The monoisotopic (exact) mass is 472 g/mol. The Morgan fingerprint density at radius 3 is 2.24 bits per heavy atom. The van der Waals surface area contributed by atoms with E-state index in [1.807, 2.05) is 48.5 Å². The van der Waals surface area contributed by atoms with Crippen molar-refractivity contribution in [3.63, 3.8) is 0 Å². The van der Waals surface area contributed by atoms with Gasteiger partial charge in [0.2, 0.25) is 5.91 Å². The Bertz CT molecular complexity index is 1040. The number of carbonyl (C=O) groups excluding carboxylic acids is 2. The highest BCUT2D eigenvalue weighted by molar-refractivity contribution is 5.89. The minimum Gasteiger partial charge on any atom is -0.481 e. The highest BCUT2D eigenvalue weighted by Crippen LogP contribution is 2.44. The highest BCUT2D eigenvalue weighted by Gasteiger charge is 2.43. The molecule has 34 heavy (non-hydrogen) atoms. The van der Waals surface area contributed by atoms with Crippen molar-refractivity contribution in [2.24, 2.45) is 0 Å². The second-order valence-electron chi connectivity index (χ2n) is 8.69. The van der Waals surface area contributed by atoms with Gasteiger partial charge in [-0.05, 0) is 35.1 Å². The van der Waals surface area contributed by atoms with Crippen LogP contribution in [-0.2, 0) is 14.3 Å². The summed E-state index contributed by atoms with van der Waals surface area (Å²) in [6.45, 7) is -0.0258. The van der Waals surface area contributed by atoms with Gasteiger partial charge in [0.15, 0.2) is 0 Å². The van der Waals surface area contributed by atoms with Crippen LogP contribution in [0.15, 0.2) is 48.5 Å². The maximum atomic E-state index is 14.1. The Hall–Kier alpha value is -3.49. The number of fused-ring (bicyclic) bond motifs is 3. The number of rotatable bonds is 7.